The summed E-state index contributed by atoms with van der Waals surface area (Å²) >= 11 is 0. The maximum atomic E-state index is 13.4. The molecule has 0 unspecified atom stereocenters. The van der Waals surface area contributed by atoms with Crippen molar-refractivity contribution in [3.8, 4) is 0 Å². The number of ether oxygens (including phenoxy) is 1. The highest BCUT2D eigenvalue weighted by atomic mass is 19.1. The van der Waals surface area contributed by atoms with Crippen LogP contribution in [0, 0.1) is 12.7 Å². The number of amides is 1. The fourth-order valence-corrected chi connectivity index (χ4v) is 3.54. The first kappa shape index (κ1) is 18.7. The van der Waals surface area contributed by atoms with Crippen LogP contribution in [-0.2, 0) is 4.74 Å². The molecule has 1 aromatic heterocycles. The van der Waals surface area contributed by atoms with Crippen molar-refractivity contribution in [3.63, 3.8) is 0 Å². The van der Waals surface area contributed by atoms with E-state index in [-0.39, 0.29) is 17.8 Å². The first-order valence-corrected chi connectivity index (χ1v) is 9.54. The lowest BCUT2D eigenvalue weighted by Crippen LogP contribution is -2.43. The zero-order chi connectivity index (χ0) is 19.5. The Kier molecular flexibility index (Phi) is 5.41. The van der Waals surface area contributed by atoms with Crippen molar-refractivity contribution in [2.75, 3.05) is 32.8 Å². The van der Waals surface area contributed by atoms with E-state index >= 15 is 0 Å². The summed E-state index contributed by atoms with van der Waals surface area (Å²) in [7, 11) is 0. The van der Waals surface area contributed by atoms with E-state index in [1.54, 1.807) is 12.1 Å². The van der Waals surface area contributed by atoms with Crippen LogP contribution in [0.15, 0.2) is 48.5 Å². The molecule has 5 nitrogen and oxygen atoms in total. The number of halogens is 1. The number of nitrogens with one attached hydrogen (secondary N) is 2. The van der Waals surface area contributed by atoms with Crippen molar-refractivity contribution >= 4 is 16.8 Å². The number of rotatable bonds is 5. The highest BCUT2D eigenvalue weighted by Gasteiger charge is 2.21. The van der Waals surface area contributed by atoms with Crippen molar-refractivity contribution in [1.29, 1.82) is 0 Å². The minimum absolute atomic E-state index is 0.144. The second kappa shape index (κ2) is 8.12. The molecule has 2 N–H and O–H groups in total. The number of carbonyl (C=O) groups excluding carboxylic acids is 1. The Balaban J connectivity index is 1.55. The van der Waals surface area contributed by atoms with Gasteiger partial charge in [-0.1, -0.05) is 29.8 Å². The molecule has 1 amide bonds. The van der Waals surface area contributed by atoms with Crippen molar-refractivity contribution in [1.82, 2.24) is 15.2 Å². The third-order valence-corrected chi connectivity index (χ3v) is 5.16. The van der Waals surface area contributed by atoms with E-state index in [1.807, 2.05) is 6.92 Å². The van der Waals surface area contributed by atoms with Crippen LogP contribution < -0.4 is 5.32 Å². The monoisotopic (exact) mass is 381 g/mol. The molecule has 3 aromatic rings. The second-order valence-corrected chi connectivity index (χ2v) is 7.26. The summed E-state index contributed by atoms with van der Waals surface area (Å²) in [6.45, 7) is 5.88. The summed E-state index contributed by atoms with van der Waals surface area (Å²) in [6, 6.07) is 14.2. The average molecular weight is 381 g/mol. The van der Waals surface area contributed by atoms with Crippen molar-refractivity contribution in [3.05, 3.63) is 71.2 Å². The Morgan fingerprint density at radius 3 is 2.68 bits per heavy atom. The standard InChI is InChI=1S/C22H24FN3O2/c1-15-2-4-16(5-3-15)21(14-26-8-10-28-11-9-26)25-22(27)20-13-17-12-18(23)6-7-19(17)24-20/h2-7,12-13,21,24H,8-11,14H2,1H3,(H,25,27)/t21-/m1/s1. The molecule has 146 valence electrons. The number of hydrogen-bond acceptors (Lipinski definition) is 3. The molecule has 28 heavy (non-hydrogen) atoms. The van der Waals surface area contributed by atoms with Crippen molar-refractivity contribution in [2.24, 2.45) is 0 Å². The SMILES string of the molecule is Cc1ccc([C@@H](CN2CCOCC2)NC(=O)c2cc3cc(F)ccc3[nH]2)cc1. The second-order valence-electron chi connectivity index (χ2n) is 7.26. The predicted molar refractivity (Wildman–Crippen MR) is 107 cm³/mol. The van der Waals surface area contributed by atoms with Crippen LogP contribution in [0.1, 0.15) is 27.7 Å². The molecule has 1 aliphatic rings. The number of benzene rings is 2. The molecule has 6 heteroatoms. The molecule has 1 aliphatic heterocycles. The van der Waals surface area contributed by atoms with Gasteiger partial charge in [-0.15, -0.1) is 0 Å². The van der Waals surface area contributed by atoms with E-state index in [2.05, 4.69) is 39.5 Å². The number of H-pyrrole nitrogens is 1. The Morgan fingerprint density at radius 1 is 1.18 bits per heavy atom. The molecule has 1 atom stereocenters. The van der Waals surface area contributed by atoms with Crippen molar-refractivity contribution in [2.45, 2.75) is 13.0 Å². The zero-order valence-electron chi connectivity index (χ0n) is 15.9. The van der Waals surface area contributed by atoms with E-state index in [4.69, 9.17) is 4.74 Å². The largest absolute Gasteiger partial charge is 0.379 e. The number of nitrogens with zero attached hydrogens (tertiary/aromatic N) is 1. The highest BCUT2D eigenvalue weighted by Crippen LogP contribution is 2.20. The predicted octanol–water partition coefficient (Wildman–Crippen LogP) is 3.42. The van der Waals surface area contributed by atoms with Crippen molar-refractivity contribution < 1.29 is 13.9 Å². The van der Waals surface area contributed by atoms with Gasteiger partial charge in [0.1, 0.15) is 11.5 Å². The molecule has 0 saturated carbocycles. The van der Waals surface area contributed by atoms with Crippen LogP contribution in [-0.4, -0.2) is 48.6 Å². The summed E-state index contributed by atoms with van der Waals surface area (Å²) in [4.78, 5) is 18.3. The van der Waals surface area contributed by atoms with E-state index in [0.29, 0.717) is 30.8 Å². The molecule has 0 bridgehead atoms. The molecule has 1 saturated heterocycles. The third kappa shape index (κ3) is 4.24. The minimum atomic E-state index is -0.316. The number of aromatic nitrogens is 1. The first-order valence-electron chi connectivity index (χ1n) is 9.54. The average Bonchev–Trinajstić information content (AvgIpc) is 3.12. The summed E-state index contributed by atoms with van der Waals surface area (Å²) in [6.07, 6.45) is 0. The van der Waals surface area contributed by atoms with Gasteiger partial charge in [0.2, 0.25) is 0 Å². The Bertz CT molecular complexity index is 962. The number of fused-ring (bicyclic) bond motifs is 1. The lowest BCUT2D eigenvalue weighted by molar-refractivity contribution is 0.0332. The van der Waals surface area contributed by atoms with Crippen LogP contribution in [0.2, 0.25) is 0 Å². The van der Waals surface area contributed by atoms with Crippen LogP contribution in [0.3, 0.4) is 0 Å². The Labute approximate surface area is 163 Å². The van der Waals surface area contributed by atoms with E-state index < -0.39 is 0 Å². The van der Waals surface area contributed by atoms with Gasteiger partial charge >= 0.3 is 0 Å². The molecule has 2 heterocycles. The maximum absolute atomic E-state index is 13.4. The van der Waals surface area contributed by atoms with Gasteiger partial charge in [-0.2, -0.15) is 0 Å². The number of aryl methyl sites for hydroxylation is 1. The smallest absolute Gasteiger partial charge is 0.268 e. The van der Waals surface area contributed by atoms with Gasteiger partial charge in [0.25, 0.3) is 5.91 Å². The first-order chi connectivity index (χ1) is 13.6. The van der Waals surface area contributed by atoms with Gasteiger partial charge in [-0.05, 0) is 36.8 Å². The van der Waals surface area contributed by atoms with Crippen LogP contribution in [0.25, 0.3) is 10.9 Å². The lowest BCUT2D eigenvalue weighted by atomic mass is 10.0. The topological polar surface area (TPSA) is 57.4 Å². The van der Waals surface area contributed by atoms with Crippen LogP contribution in [0.4, 0.5) is 4.39 Å². The van der Waals surface area contributed by atoms with E-state index in [1.165, 1.54) is 17.7 Å². The normalized spacial score (nSPS) is 16.2. The summed E-state index contributed by atoms with van der Waals surface area (Å²) < 4.78 is 18.9. The summed E-state index contributed by atoms with van der Waals surface area (Å²) in [5.41, 5.74) is 3.41. The Hall–Kier alpha value is -2.70. The van der Waals surface area contributed by atoms with Gasteiger partial charge in [0.15, 0.2) is 0 Å². The van der Waals surface area contributed by atoms with Crippen LogP contribution >= 0.6 is 0 Å². The number of aromatic amines is 1. The maximum Gasteiger partial charge on any atom is 0.268 e. The van der Waals surface area contributed by atoms with E-state index in [9.17, 15) is 9.18 Å². The molecule has 0 radical (unpaired) electrons. The molecule has 2 aromatic carbocycles. The molecule has 0 aliphatic carbocycles. The summed E-state index contributed by atoms with van der Waals surface area (Å²) in [5.74, 6) is -0.515. The van der Waals surface area contributed by atoms with E-state index in [0.717, 1.165) is 24.2 Å². The third-order valence-electron chi connectivity index (χ3n) is 5.16. The van der Waals surface area contributed by atoms with Gasteiger partial charge < -0.3 is 15.0 Å². The molecular formula is C22H24FN3O2. The van der Waals surface area contributed by atoms with Gasteiger partial charge in [0, 0.05) is 30.5 Å². The molecule has 4 rings (SSSR count). The molecule has 0 spiro atoms. The lowest BCUT2D eigenvalue weighted by Gasteiger charge is -2.31. The Morgan fingerprint density at radius 2 is 1.93 bits per heavy atom. The number of morpholine rings is 1. The zero-order valence-corrected chi connectivity index (χ0v) is 15.9. The van der Waals surface area contributed by atoms with Crippen LogP contribution in [0.5, 0.6) is 0 Å². The molecular weight excluding hydrogens is 357 g/mol. The summed E-state index contributed by atoms with van der Waals surface area (Å²) in [5, 5.41) is 3.83. The highest BCUT2D eigenvalue weighted by molar-refractivity contribution is 5.98. The molecule has 1 fully saturated rings. The fraction of sp³-hybridized carbons (Fsp3) is 0.318. The van der Waals surface area contributed by atoms with Gasteiger partial charge in [-0.25, -0.2) is 4.39 Å². The van der Waals surface area contributed by atoms with Gasteiger partial charge in [-0.3, -0.25) is 9.69 Å². The fourth-order valence-electron chi connectivity index (χ4n) is 3.54. The number of carbonyl (C=O) groups is 1. The minimum Gasteiger partial charge on any atom is -0.379 e. The number of hydrogen-bond donors (Lipinski definition) is 2. The van der Waals surface area contributed by atoms with Gasteiger partial charge in [0.05, 0.1) is 19.3 Å². The quantitative estimate of drug-likeness (QED) is 0.712.